The number of esters is 2. The van der Waals surface area contributed by atoms with Crippen molar-refractivity contribution in [3.8, 4) is 28.7 Å². The minimum absolute atomic E-state index is 0.00319. The molecule has 0 bridgehead atoms. The van der Waals surface area contributed by atoms with Crippen molar-refractivity contribution in [3.05, 3.63) is 151 Å². The van der Waals surface area contributed by atoms with Crippen LogP contribution in [0.15, 0.2) is 91.0 Å². The number of hydrogen-bond acceptors (Lipinski definition) is 15. The molecule has 0 aliphatic carbocycles. The number of aryl methyl sites for hydroxylation is 2. The van der Waals surface area contributed by atoms with E-state index in [2.05, 4.69) is 360 Å². The molecule has 0 aliphatic heterocycles. The number of methoxy groups -OCH3 is 1. The average molecular weight is 2010 g/mol. The summed E-state index contributed by atoms with van der Waals surface area (Å²) in [4.78, 5) is 59.4. The Morgan fingerprint density at radius 2 is 0.685 bits per heavy atom. The molecule has 19 heteroatoms. The Morgan fingerprint density at radius 3 is 1.01 bits per heavy atom. The molecule has 0 aromatic heterocycles. The van der Waals surface area contributed by atoms with E-state index in [4.69, 9.17) is 42.6 Å². The summed E-state index contributed by atoms with van der Waals surface area (Å²) >= 11 is 0. The highest BCUT2D eigenvalue weighted by Gasteiger charge is 2.36. The van der Waals surface area contributed by atoms with Gasteiger partial charge in [0.1, 0.15) is 22.8 Å². The summed E-state index contributed by atoms with van der Waals surface area (Å²) in [5.41, 5.74) is 10.5. The van der Waals surface area contributed by atoms with Gasteiger partial charge in [-0.25, -0.2) is 18.8 Å². The monoisotopic (exact) mass is 2010 g/mol. The normalized spacial score (nSPS) is 13.0. The highest BCUT2D eigenvalue weighted by atomic mass is 19.1. The molecule has 824 valence electrons. The summed E-state index contributed by atoms with van der Waals surface area (Å²) in [6, 6.07) is 29.5. The van der Waals surface area contributed by atoms with Crippen molar-refractivity contribution in [2.75, 3.05) is 73.1 Å². The van der Waals surface area contributed by atoms with Crippen LogP contribution < -0.4 is 29.0 Å². The number of nitro groups is 1. The molecule has 0 aliphatic rings. The molecular weight excluding hydrogens is 1790 g/mol. The third kappa shape index (κ3) is 71.2. The van der Waals surface area contributed by atoms with Crippen LogP contribution in [0.1, 0.15) is 441 Å². The van der Waals surface area contributed by atoms with Crippen LogP contribution in [-0.2, 0) is 43.0 Å². The third-order valence-electron chi connectivity index (χ3n) is 21.8. The fraction of sp³-hybridized carbons (Fsp3) is 0.726. The minimum atomic E-state index is -0.364. The molecule has 0 fully saturated rings. The van der Waals surface area contributed by atoms with E-state index in [-0.39, 0.29) is 128 Å². The Morgan fingerprint density at radius 1 is 0.371 bits per heavy atom. The predicted molar refractivity (Wildman–Crippen MR) is 604 cm³/mol. The van der Waals surface area contributed by atoms with Crippen LogP contribution in [0.4, 0.5) is 19.7 Å². The number of nitrogens with zero attached hydrogens (tertiary/aromatic N) is 2. The minimum Gasteiger partial charge on any atom is -0.493 e. The fourth-order valence-electron chi connectivity index (χ4n) is 12.2. The summed E-state index contributed by atoms with van der Waals surface area (Å²) in [6.07, 6.45) is 3.74. The Bertz CT molecular complexity index is 4470. The molecule has 0 saturated carbocycles. The molecule has 0 heterocycles. The lowest BCUT2D eigenvalue weighted by Gasteiger charge is -2.39. The van der Waals surface area contributed by atoms with Gasteiger partial charge in [0, 0.05) is 31.1 Å². The van der Waals surface area contributed by atoms with E-state index in [1.54, 1.807) is 29.2 Å². The Labute approximate surface area is 876 Å². The largest absolute Gasteiger partial charge is 0.493 e. The summed E-state index contributed by atoms with van der Waals surface area (Å²) < 4.78 is 63.2. The lowest BCUT2D eigenvalue weighted by Crippen LogP contribution is -2.52. The van der Waals surface area contributed by atoms with Gasteiger partial charge in [-0.2, -0.15) is 0 Å². The van der Waals surface area contributed by atoms with Crippen molar-refractivity contribution in [1.29, 1.82) is 0 Å². The molecule has 2 amide bonds. The van der Waals surface area contributed by atoms with E-state index in [1.807, 2.05) is 92.6 Å². The molecule has 143 heavy (non-hydrogen) atoms. The molecule has 0 saturated heterocycles. The lowest BCUT2D eigenvalue weighted by atomic mass is 9.76. The van der Waals surface area contributed by atoms with Crippen molar-refractivity contribution in [2.45, 2.75) is 430 Å². The third-order valence-corrected chi connectivity index (χ3v) is 21.8. The second-order valence-electron chi connectivity index (χ2n) is 58.9. The van der Waals surface area contributed by atoms with Crippen LogP contribution in [0.5, 0.6) is 28.7 Å². The Balaban J connectivity index is -0.00000157. The summed E-state index contributed by atoms with van der Waals surface area (Å²) in [7, 11) is 1.40. The number of nitro benzene ring substituents is 1. The number of alkyl carbamates (subject to hydrolysis) is 1. The van der Waals surface area contributed by atoms with Gasteiger partial charge in [-0.3, -0.25) is 14.9 Å². The second-order valence-corrected chi connectivity index (χ2v) is 58.9. The van der Waals surface area contributed by atoms with Gasteiger partial charge in [0.25, 0.3) is 0 Å². The van der Waals surface area contributed by atoms with Crippen molar-refractivity contribution in [2.24, 2.45) is 86.6 Å². The first-order valence-electron chi connectivity index (χ1n) is 52.2. The maximum Gasteiger partial charge on any atom is 0.409 e. The SMILES string of the molecule is CC(C)(C)CCC(=O)OCC(C)(C)C.CC(C)(C)COC(=O)NC(C)(C)C(C)(C)C.CC(C)(C)COc1ccc(CC(C)(C)C)cc1F.CC(c1ccc(OCC(C)(C)C)c([N+](=O)[O-])c1)C(C)(C)C.CCN(CC(C)(C)C)C(=O)OCC(C)(C)C.COC(=O)c1cc(CC(C)(C)C)ccc1OCC(C)(C)C.Cc1cc(C(C)C(C)(C)C)ccc1OCC(C)(C)C.Cc1cc(CC(C)(C)C)ccc1OCC(C)(C)C. The predicted octanol–water partition coefficient (Wildman–Crippen LogP) is 35.6. The summed E-state index contributed by atoms with van der Waals surface area (Å²) in [6.45, 7) is 123. The van der Waals surface area contributed by atoms with Gasteiger partial charge in [-0.1, -0.05) is 389 Å². The maximum absolute atomic E-state index is 13.9. The van der Waals surface area contributed by atoms with Crippen LogP contribution in [0.2, 0.25) is 0 Å². The number of carbonyl (C=O) groups excluding carboxylic acids is 4. The van der Waals surface area contributed by atoms with Gasteiger partial charge in [-0.05, 0) is 240 Å². The number of hydrogen-bond donors (Lipinski definition) is 1. The summed E-state index contributed by atoms with van der Waals surface area (Å²) in [5, 5.41) is 14.2. The number of nitrogens with one attached hydrogen (secondary N) is 1. The van der Waals surface area contributed by atoms with Crippen molar-refractivity contribution >= 4 is 29.8 Å². The van der Waals surface area contributed by atoms with Crippen molar-refractivity contribution < 1.29 is 71.1 Å². The molecule has 1 N–H and O–H groups in total. The van der Waals surface area contributed by atoms with Crippen LogP contribution >= 0.6 is 0 Å². The van der Waals surface area contributed by atoms with Crippen LogP contribution in [0.25, 0.3) is 0 Å². The van der Waals surface area contributed by atoms with Crippen LogP contribution in [0, 0.1) is 116 Å². The van der Waals surface area contributed by atoms with E-state index in [0.717, 1.165) is 73.6 Å². The van der Waals surface area contributed by atoms with Crippen molar-refractivity contribution in [1.82, 2.24) is 10.2 Å². The standard InChI is InChI=1S/C18H28O3.C18H30O.C17H27NO3.C17H28O.C16H25FO.2C13H27NO2.C12H24O2/c1-17(2,3)11-13-8-9-15(21-12-18(4,5)6)14(10-13)16(19)20-7;1-13-11-15(14(2)18(6,7)8)9-10-16(13)19-12-17(3,4)5;1-12(17(5,6)7)13-8-9-15(14(10-13)18(19)20)21-11-16(2,3)4;1-13-10-14(11-16(2,3)4)8-9-15(13)18-12-17(5,6)7;1-15(2,3)10-12-7-8-14(13(17)9-12)18-11-16(4,5)6;1-11(2,3)9-16-10(15)14-13(7,8)12(4,5)6;1-8-14(9-12(2,3)4)11(15)16-10-13(5,6)7;1-11(2,3)8-7-10(13)14-9-12(4,5)6/h8-10H,11-12H2,1-7H3;9-11,14H,12H2,1-8H3;8-10,12H,11H2,1-7H3;8-10H,11-12H2,1-7H3;7-9H,10-11H2,1-6H3;9H2,1-8H3,(H,14,15);8-10H2,1-7H3;7-9H2,1-6H3. The topological polar surface area (TPSA) is 210 Å². The van der Waals surface area contributed by atoms with Gasteiger partial charge >= 0.3 is 29.8 Å². The van der Waals surface area contributed by atoms with Gasteiger partial charge in [0.2, 0.25) is 0 Å². The number of halogens is 1. The number of carbonyl (C=O) groups is 4. The van der Waals surface area contributed by atoms with E-state index < -0.39 is 0 Å². The molecule has 18 nitrogen and oxygen atoms in total. The van der Waals surface area contributed by atoms with Crippen LogP contribution in [0.3, 0.4) is 0 Å². The van der Waals surface area contributed by atoms with Gasteiger partial charge in [0.15, 0.2) is 17.3 Å². The van der Waals surface area contributed by atoms with E-state index in [9.17, 15) is 33.7 Å². The lowest BCUT2D eigenvalue weighted by molar-refractivity contribution is -0.386. The zero-order valence-electron chi connectivity index (χ0n) is 102. The number of rotatable bonds is 25. The molecule has 5 aromatic rings. The number of ether oxygens (including phenoxy) is 9. The quantitative estimate of drug-likeness (QED) is 0.0249. The smallest absolute Gasteiger partial charge is 0.409 e. The van der Waals surface area contributed by atoms with Gasteiger partial charge in [0.05, 0.1) is 64.9 Å². The second kappa shape index (κ2) is 57.5. The first-order chi connectivity index (χ1) is 63.6. The zero-order chi connectivity index (χ0) is 113. The maximum atomic E-state index is 13.9. The molecule has 2 unspecified atom stereocenters. The van der Waals surface area contributed by atoms with E-state index >= 15 is 0 Å². The Kier molecular flexibility index (Phi) is 55.9. The molecule has 2 atom stereocenters. The Hall–Kier alpha value is -8.09. The van der Waals surface area contributed by atoms with Crippen molar-refractivity contribution in [3.63, 3.8) is 0 Å². The van der Waals surface area contributed by atoms with E-state index in [0.29, 0.717) is 92.2 Å². The first-order valence-corrected chi connectivity index (χ1v) is 52.2. The number of amides is 2. The molecular formula is C124H216FN3O15. The highest BCUT2D eigenvalue weighted by Crippen LogP contribution is 2.42. The molecule has 0 spiro atoms. The fourth-order valence-corrected chi connectivity index (χ4v) is 12.2. The van der Waals surface area contributed by atoms with Gasteiger partial charge < -0.3 is 52.8 Å². The highest BCUT2D eigenvalue weighted by molar-refractivity contribution is 5.92. The zero-order valence-corrected chi connectivity index (χ0v) is 102. The molecule has 0 radical (unpaired) electrons. The van der Waals surface area contributed by atoms with Gasteiger partial charge in [-0.15, -0.1) is 0 Å². The number of benzene rings is 5. The van der Waals surface area contributed by atoms with E-state index in [1.165, 1.54) is 29.4 Å². The molecule has 5 rings (SSSR count). The summed E-state index contributed by atoms with van der Waals surface area (Å²) in [5.74, 6) is 3.40. The molecule has 5 aromatic carbocycles. The van der Waals surface area contributed by atoms with Crippen LogP contribution in [-0.4, -0.2) is 113 Å². The first kappa shape index (κ1) is 139. The average Bonchev–Trinajstić information content (AvgIpc) is 0.804.